The van der Waals surface area contributed by atoms with Gasteiger partial charge in [-0.25, -0.2) is 4.57 Å². The molecule has 3 N–H and O–H groups in total. The largest absolute Gasteiger partial charge is 0.397 e. The Morgan fingerprint density at radius 2 is 1.94 bits per heavy atom. The van der Waals surface area contributed by atoms with Crippen molar-refractivity contribution in [3.8, 4) is 0 Å². The molecule has 0 aliphatic rings. The fraction of sp³-hybridized carbons (Fsp3) is 0.154. The van der Waals surface area contributed by atoms with E-state index in [1.807, 2.05) is 42.7 Å². The van der Waals surface area contributed by atoms with Crippen LogP contribution >= 0.6 is 11.6 Å². The standard InChI is InChI=1S/C13H15ClN3/c14-11-4-5-13(12(15)10-11)16-6-9-17-7-2-1-3-8-17/h1-5,7-8,10,16H,6,9,15H2/q+1. The average molecular weight is 249 g/mol. The van der Waals surface area contributed by atoms with Gasteiger partial charge in [-0.05, 0) is 18.2 Å². The molecule has 2 rings (SSSR count). The molecule has 0 aliphatic heterocycles. The summed E-state index contributed by atoms with van der Waals surface area (Å²) in [4.78, 5) is 0. The Balaban J connectivity index is 1.90. The van der Waals surface area contributed by atoms with Gasteiger partial charge in [0.1, 0.15) is 0 Å². The van der Waals surface area contributed by atoms with Gasteiger partial charge in [0.25, 0.3) is 0 Å². The van der Waals surface area contributed by atoms with Crippen LogP contribution in [0.15, 0.2) is 48.8 Å². The van der Waals surface area contributed by atoms with Gasteiger partial charge in [0.05, 0.1) is 17.9 Å². The molecule has 4 heteroatoms. The number of aromatic nitrogens is 1. The minimum absolute atomic E-state index is 0.658. The van der Waals surface area contributed by atoms with Crippen LogP contribution in [0.1, 0.15) is 0 Å². The van der Waals surface area contributed by atoms with E-state index in [0.717, 1.165) is 18.8 Å². The lowest BCUT2D eigenvalue weighted by Crippen LogP contribution is -2.36. The van der Waals surface area contributed by atoms with Crippen molar-refractivity contribution in [1.82, 2.24) is 0 Å². The van der Waals surface area contributed by atoms with E-state index >= 15 is 0 Å². The van der Waals surface area contributed by atoms with Crippen LogP contribution < -0.4 is 15.6 Å². The van der Waals surface area contributed by atoms with E-state index in [9.17, 15) is 0 Å². The smallest absolute Gasteiger partial charge is 0.168 e. The predicted octanol–water partition coefficient (Wildman–Crippen LogP) is 2.32. The summed E-state index contributed by atoms with van der Waals surface area (Å²) in [5.74, 6) is 0. The van der Waals surface area contributed by atoms with E-state index in [-0.39, 0.29) is 0 Å². The number of nitrogens with two attached hydrogens (primary N) is 1. The van der Waals surface area contributed by atoms with E-state index in [4.69, 9.17) is 17.3 Å². The highest BCUT2D eigenvalue weighted by atomic mass is 35.5. The van der Waals surface area contributed by atoms with Crippen molar-refractivity contribution in [3.63, 3.8) is 0 Å². The lowest BCUT2D eigenvalue weighted by molar-refractivity contribution is -0.694. The molecule has 0 saturated heterocycles. The topological polar surface area (TPSA) is 41.9 Å². The van der Waals surface area contributed by atoms with Gasteiger partial charge in [0.2, 0.25) is 0 Å². The zero-order valence-electron chi connectivity index (χ0n) is 9.44. The number of nitrogen functional groups attached to an aromatic ring is 1. The Bertz CT molecular complexity index is 485. The summed E-state index contributed by atoms with van der Waals surface area (Å²) in [6.45, 7) is 1.71. The van der Waals surface area contributed by atoms with E-state index < -0.39 is 0 Å². The van der Waals surface area contributed by atoms with Crippen LogP contribution in [0.5, 0.6) is 0 Å². The highest BCUT2D eigenvalue weighted by Gasteiger charge is 2.01. The summed E-state index contributed by atoms with van der Waals surface area (Å²) < 4.78 is 2.11. The van der Waals surface area contributed by atoms with Crippen LogP contribution in [-0.2, 0) is 6.54 Å². The SMILES string of the molecule is Nc1cc(Cl)ccc1NCC[n+]1ccccc1. The Morgan fingerprint density at radius 1 is 1.18 bits per heavy atom. The van der Waals surface area contributed by atoms with Gasteiger partial charge in [-0.15, -0.1) is 0 Å². The summed E-state index contributed by atoms with van der Waals surface area (Å²) in [5.41, 5.74) is 7.45. The molecule has 0 aliphatic carbocycles. The maximum Gasteiger partial charge on any atom is 0.168 e. The third kappa shape index (κ3) is 3.36. The second kappa shape index (κ2) is 5.55. The lowest BCUT2D eigenvalue weighted by atomic mass is 10.2. The number of hydrogen-bond donors (Lipinski definition) is 2. The number of anilines is 2. The van der Waals surface area contributed by atoms with Gasteiger partial charge in [-0.1, -0.05) is 17.7 Å². The molecule has 3 nitrogen and oxygen atoms in total. The molecular formula is C13H15ClN3+. The van der Waals surface area contributed by atoms with Crippen molar-refractivity contribution in [2.45, 2.75) is 6.54 Å². The van der Waals surface area contributed by atoms with Gasteiger partial charge >= 0.3 is 0 Å². The van der Waals surface area contributed by atoms with Gasteiger partial charge < -0.3 is 11.1 Å². The summed E-state index contributed by atoms with van der Waals surface area (Å²) in [6, 6.07) is 11.5. The molecule has 0 radical (unpaired) electrons. The van der Waals surface area contributed by atoms with E-state index in [1.165, 1.54) is 0 Å². The minimum atomic E-state index is 0.658. The summed E-state index contributed by atoms with van der Waals surface area (Å²) in [5, 5.41) is 3.94. The second-order valence-corrected chi connectivity index (χ2v) is 4.21. The van der Waals surface area contributed by atoms with E-state index in [0.29, 0.717) is 10.7 Å². The molecule has 0 unspecified atom stereocenters. The first-order valence-corrected chi connectivity index (χ1v) is 5.86. The maximum atomic E-state index is 5.85. The van der Waals surface area contributed by atoms with Crippen molar-refractivity contribution in [3.05, 3.63) is 53.8 Å². The van der Waals surface area contributed by atoms with Crippen LogP contribution in [0.25, 0.3) is 0 Å². The Kier molecular flexibility index (Phi) is 3.83. The van der Waals surface area contributed by atoms with E-state index in [1.54, 1.807) is 6.07 Å². The molecule has 88 valence electrons. The fourth-order valence-corrected chi connectivity index (χ4v) is 1.78. The fourth-order valence-electron chi connectivity index (χ4n) is 1.60. The van der Waals surface area contributed by atoms with E-state index in [2.05, 4.69) is 9.88 Å². The molecule has 0 atom stereocenters. The molecule has 0 bridgehead atoms. The van der Waals surface area contributed by atoms with Gasteiger partial charge in [0, 0.05) is 17.2 Å². The molecule has 17 heavy (non-hydrogen) atoms. The monoisotopic (exact) mass is 248 g/mol. The number of rotatable bonds is 4. The molecule has 1 aromatic carbocycles. The van der Waals surface area contributed by atoms with Crippen molar-refractivity contribution in [1.29, 1.82) is 0 Å². The number of pyridine rings is 1. The van der Waals surface area contributed by atoms with Crippen molar-refractivity contribution in [2.75, 3.05) is 17.6 Å². The average Bonchev–Trinajstić information content (AvgIpc) is 2.33. The third-order valence-corrected chi connectivity index (χ3v) is 2.71. The molecule has 1 aromatic heterocycles. The summed E-state index contributed by atoms with van der Waals surface area (Å²) in [6.07, 6.45) is 4.07. The first-order valence-electron chi connectivity index (χ1n) is 5.49. The Labute approximate surface area is 106 Å². The first-order chi connectivity index (χ1) is 8.25. The molecular weight excluding hydrogens is 234 g/mol. The zero-order chi connectivity index (χ0) is 12.1. The highest BCUT2D eigenvalue weighted by Crippen LogP contribution is 2.22. The maximum absolute atomic E-state index is 5.85. The van der Waals surface area contributed by atoms with Crippen molar-refractivity contribution < 1.29 is 4.57 Å². The third-order valence-electron chi connectivity index (χ3n) is 2.48. The van der Waals surface area contributed by atoms with Crippen LogP contribution in [0.3, 0.4) is 0 Å². The molecule has 0 spiro atoms. The Morgan fingerprint density at radius 3 is 2.65 bits per heavy atom. The number of hydrogen-bond acceptors (Lipinski definition) is 2. The molecule has 2 aromatic rings. The minimum Gasteiger partial charge on any atom is -0.397 e. The van der Waals surface area contributed by atoms with Crippen LogP contribution in [0.2, 0.25) is 5.02 Å². The van der Waals surface area contributed by atoms with Gasteiger partial charge in [-0.3, -0.25) is 0 Å². The molecule has 0 fully saturated rings. The van der Waals surface area contributed by atoms with Gasteiger partial charge in [0.15, 0.2) is 18.9 Å². The van der Waals surface area contributed by atoms with Crippen molar-refractivity contribution in [2.24, 2.45) is 0 Å². The van der Waals surface area contributed by atoms with Gasteiger partial charge in [-0.2, -0.15) is 0 Å². The quantitative estimate of drug-likeness (QED) is 0.644. The number of nitrogens with zero attached hydrogens (tertiary/aromatic N) is 1. The zero-order valence-corrected chi connectivity index (χ0v) is 10.2. The van der Waals surface area contributed by atoms with Crippen molar-refractivity contribution >= 4 is 23.0 Å². The van der Waals surface area contributed by atoms with Crippen LogP contribution in [0.4, 0.5) is 11.4 Å². The highest BCUT2D eigenvalue weighted by molar-refractivity contribution is 6.31. The number of nitrogens with one attached hydrogen (secondary N) is 1. The summed E-state index contributed by atoms with van der Waals surface area (Å²) in [7, 11) is 0. The lowest BCUT2D eigenvalue weighted by Gasteiger charge is -2.07. The predicted molar refractivity (Wildman–Crippen MR) is 71.0 cm³/mol. The molecule has 0 amide bonds. The normalized spacial score (nSPS) is 10.2. The second-order valence-electron chi connectivity index (χ2n) is 3.77. The summed E-state index contributed by atoms with van der Waals surface area (Å²) >= 11 is 5.83. The number of halogens is 1. The van der Waals surface area contributed by atoms with Crippen LogP contribution in [-0.4, -0.2) is 6.54 Å². The molecule has 0 saturated carbocycles. The first kappa shape index (κ1) is 11.7. The van der Waals surface area contributed by atoms with Crippen LogP contribution in [0, 0.1) is 0 Å². The Hall–Kier alpha value is -1.74. The molecule has 1 heterocycles. The number of benzene rings is 1.